The van der Waals surface area contributed by atoms with Gasteiger partial charge in [0.1, 0.15) is 0 Å². The molecule has 17 heavy (non-hydrogen) atoms. The van der Waals surface area contributed by atoms with Crippen LogP contribution in [-0.2, 0) is 44.2 Å². The number of hydrogen-bond acceptors (Lipinski definition) is 6. The summed E-state index contributed by atoms with van der Waals surface area (Å²) in [5, 5.41) is 0. The second-order valence-corrected chi connectivity index (χ2v) is 7.12. The van der Waals surface area contributed by atoms with Crippen LogP contribution in [0.25, 0.3) is 0 Å². The minimum Gasteiger partial charge on any atom is -0.302 e. The summed E-state index contributed by atoms with van der Waals surface area (Å²) < 4.78 is 43.1. The average molecular weight is 352 g/mol. The van der Waals surface area contributed by atoms with E-state index in [1.807, 2.05) is 0 Å². The molecule has 0 heterocycles. The topological polar surface area (TPSA) is 160 Å². The Balaban J connectivity index is 0. The molecule has 2 atom stereocenters. The molecule has 0 bridgehead atoms. The molecule has 101 valence electrons. The molecule has 0 fully saturated rings. The molecule has 0 aromatic rings. The van der Waals surface area contributed by atoms with Crippen LogP contribution in [0.3, 0.4) is 0 Å². The molecular formula is C3H11CrO10P3+3. The molecule has 0 aliphatic rings. The molecule has 0 rings (SSSR count). The first-order valence-electron chi connectivity index (χ1n) is 3.65. The first-order valence-corrected chi connectivity index (χ1v) is 8.17. The number of hydrogen-bond donors (Lipinski definition) is 4. The molecule has 0 amide bonds. The van der Waals surface area contributed by atoms with E-state index in [9.17, 15) is 13.7 Å². The standard InChI is InChI=1S/C3H11O10P3.Cr/c1-3(2)11-15(7,8)13-16(9,10)12-14(4,5)6;/h3H,1-2H3,(H,7,8)(H,9,10)(H2,4,5,6);/q;+3. The summed E-state index contributed by atoms with van der Waals surface area (Å²) in [6, 6.07) is 0. The molecule has 0 spiro atoms. The first kappa shape index (κ1) is 20.3. The second kappa shape index (κ2) is 6.92. The summed E-state index contributed by atoms with van der Waals surface area (Å²) in [4.78, 5) is 34.0. The maximum atomic E-state index is 11.0. The van der Waals surface area contributed by atoms with Crippen molar-refractivity contribution in [3.63, 3.8) is 0 Å². The summed E-state index contributed by atoms with van der Waals surface area (Å²) in [5.74, 6) is 0. The molecule has 0 aromatic heterocycles. The SMILES string of the molecule is CC(C)OP(=O)(O)OP(=O)(O)OP(=O)(O)O.[Cr+3]. The predicted molar refractivity (Wildman–Crippen MR) is 50.1 cm³/mol. The van der Waals surface area contributed by atoms with Crippen LogP contribution in [0.2, 0.25) is 0 Å². The molecule has 0 aliphatic carbocycles. The van der Waals surface area contributed by atoms with Gasteiger partial charge in [0.15, 0.2) is 0 Å². The molecule has 10 nitrogen and oxygen atoms in total. The van der Waals surface area contributed by atoms with E-state index in [4.69, 9.17) is 19.6 Å². The van der Waals surface area contributed by atoms with Gasteiger partial charge < -0.3 is 19.6 Å². The van der Waals surface area contributed by atoms with Crippen molar-refractivity contribution in [2.75, 3.05) is 0 Å². The van der Waals surface area contributed by atoms with Gasteiger partial charge in [-0.1, -0.05) is 0 Å². The average Bonchev–Trinajstić information content (AvgIpc) is 1.69. The third kappa shape index (κ3) is 11.8. The van der Waals surface area contributed by atoms with Crippen molar-refractivity contribution >= 4 is 23.5 Å². The van der Waals surface area contributed by atoms with Gasteiger partial charge in [-0.3, -0.25) is 4.52 Å². The Labute approximate surface area is 108 Å². The van der Waals surface area contributed by atoms with E-state index in [1.54, 1.807) is 0 Å². The summed E-state index contributed by atoms with van der Waals surface area (Å²) >= 11 is 0. The van der Waals surface area contributed by atoms with Crippen LogP contribution < -0.4 is 0 Å². The second-order valence-electron chi connectivity index (χ2n) is 2.75. The Hall–Kier alpha value is 0.942. The molecule has 1 radical (unpaired) electrons. The minimum atomic E-state index is -5.39. The van der Waals surface area contributed by atoms with Crippen molar-refractivity contribution in [2.24, 2.45) is 0 Å². The van der Waals surface area contributed by atoms with Crippen LogP contribution in [0.1, 0.15) is 13.8 Å². The number of phosphoric acid groups is 3. The number of rotatable bonds is 6. The van der Waals surface area contributed by atoms with Crippen molar-refractivity contribution in [3.8, 4) is 0 Å². The van der Waals surface area contributed by atoms with Crippen molar-refractivity contribution in [1.29, 1.82) is 0 Å². The van der Waals surface area contributed by atoms with E-state index in [0.29, 0.717) is 0 Å². The van der Waals surface area contributed by atoms with E-state index >= 15 is 0 Å². The monoisotopic (exact) mass is 352 g/mol. The molecule has 0 saturated carbocycles. The van der Waals surface area contributed by atoms with Gasteiger partial charge in [-0.05, 0) is 13.8 Å². The first-order chi connectivity index (χ1) is 6.83. The largest absolute Gasteiger partial charge is 3.00 e. The van der Waals surface area contributed by atoms with Gasteiger partial charge in [-0.2, -0.15) is 8.62 Å². The van der Waals surface area contributed by atoms with Gasteiger partial charge in [0.05, 0.1) is 6.10 Å². The Morgan fingerprint density at radius 2 is 1.29 bits per heavy atom. The molecule has 4 N–H and O–H groups in total. The summed E-state index contributed by atoms with van der Waals surface area (Å²) in [7, 11) is -15.7. The Morgan fingerprint density at radius 1 is 0.882 bits per heavy atom. The van der Waals surface area contributed by atoms with Crippen LogP contribution in [-0.4, -0.2) is 25.7 Å². The smallest absolute Gasteiger partial charge is 0.302 e. The fourth-order valence-electron chi connectivity index (χ4n) is 0.565. The van der Waals surface area contributed by atoms with Crippen LogP contribution >= 0.6 is 23.5 Å². The van der Waals surface area contributed by atoms with Crippen LogP contribution in [0.15, 0.2) is 0 Å². The van der Waals surface area contributed by atoms with Crippen LogP contribution in [0.4, 0.5) is 0 Å². The van der Waals surface area contributed by atoms with E-state index < -0.39 is 29.6 Å². The summed E-state index contributed by atoms with van der Waals surface area (Å²) in [5.41, 5.74) is 0. The van der Waals surface area contributed by atoms with Gasteiger partial charge in [-0.25, -0.2) is 13.7 Å². The molecule has 0 aromatic carbocycles. The third-order valence-electron chi connectivity index (χ3n) is 0.760. The van der Waals surface area contributed by atoms with Gasteiger partial charge in [0.2, 0.25) is 0 Å². The molecular weight excluding hydrogens is 341 g/mol. The summed E-state index contributed by atoms with van der Waals surface area (Å²) in [6.45, 7) is 2.66. The van der Waals surface area contributed by atoms with Crippen molar-refractivity contribution < 1.29 is 63.8 Å². The summed E-state index contributed by atoms with van der Waals surface area (Å²) in [6.07, 6.45) is -0.814. The maximum absolute atomic E-state index is 11.0. The van der Waals surface area contributed by atoms with Crippen LogP contribution in [0, 0.1) is 0 Å². The Morgan fingerprint density at radius 3 is 1.59 bits per heavy atom. The molecule has 14 heteroatoms. The molecule has 0 aliphatic heterocycles. The van der Waals surface area contributed by atoms with Gasteiger partial charge in [0, 0.05) is 0 Å². The van der Waals surface area contributed by atoms with E-state index in [2.05, 4.69) is 13.1 Å². The maximum Gasteiger partial charge on any atom is 3.00 e. The van der Waals surface area contributed by atoms with Crippen molar-refractivity contribution in [2.45, 2.75) is 20.0 Å². The van der Waals surface area contributed by atoms with E-state index in [1.165, 1.54) is 13.8 Å². The van der Waals surface area contributed by atoms with Crippen molar-refractivity contribution in [1.82, 2.24) is 0 Å². The zero-order valence-electron chi connectivity index (χ0n) is 8.57. The molecule has 0 saturated heterocycles. The zero-order chi connectivity index (χ0) is 13.2. The Bertz CT molecular complexity index is 373. The molecule has 2 unspecified atom stereocenters. The fraction of sp³-hybridized carbons (Fsp3) is 1.00. The van der Waals surface area contributed by atoms with Gasteiger partial charge in [0.25, 0.3) is 0 Å². The number of phosphoric ester groups is 1. The fourth-order valence-corrected chi connectivity index (χ4v) is 3.76. The van der Waals surface area contributed by atoms with E-state index in [-0.39, 0.29) is 17.4 Å². The normalized spacial score (nSPS) is 19.2. The van der Waals surface area contributed by atoms with Crippen LogP contribution in [0.5, 0.6) is 0 Å². The minimum absolute atomic E-state index is 0. The quantitative estimate of drug-likeness (QED) is 0.502. The van der Waals surface area contributed by atoms with E-state index in [0.717, 1.165) is 0 Å². The Kier molecular flexibility index (Phi) is 8.25. The van der Waals surface area contributed by atoms with Crippen molar-refractivity contribution in [3.05, 3.63) is 0 Å². The van der Waals surface area contributed by atoms with Gasteiger partial charge >= 0.3 is 40.8 Å². The van der Waals surface area contributed by atoms with Gasteiger partial charge in [-0.15, -0.1) is 0 Å². The predicted octanol–water partition coefficient (Wildman–Crippen LogP) is 0.736. The zero-order valence-corrected chi connectivity index (χ0v) is 12.5. The third-order valence-corrected chi connectivity index (χ3v) is 4.78.